The van der Waals surface area contributed by atoms with Crippen molar-refractivity contribution in [2.24, 2.45) is 0 Å². The molecule has 0 bridgehead atoms. The maximum absolute atomic E-state index is 10.7. The minimum absolute atomic E-state index is 0. The van der Waals surface area contributed by atoms with Crippen LogP contribution >= 0.6 is 0 Å². The quantitative estimate of drug-likeness (QED) is 0.136. The van der Waals surface area contributed by atoms with Gasteiger partial charge in [-0.05, 0) is 103 Å². The van der Waals surface area contributed by atoms with Crippen molar-refractivity contribution in [2.75, 3.05) is 0 Å². The number of benzene rings is 4. The molecule has 4 rings (SSSR count). The number of hydrogen-bond acceptors (Lipinski definition) is 5. The third-order valence-electron chi connectivity index (χ3n) is 7.97. The summed E-state index contributed by atoms with van der Waals surface area (Å²) < 4.78 is 0. The Labute approximate surface area is 515 Å². The van der Waals surface area contributed by atoms with Gasteiger partial charge in [0.2, 0.25) is 0 Å². The third kappa shape index (κ3) is 69.7. The van der Waals surface area contributed by atoms with Crippen molar-refractivity contribution in [3.05, 3.63) is 172 Å². The van der Waals surface area contributed by atoms with Crippen molar-refractivity contribution < 1.29 is 122 Å². The Bertz CT molecular complexity index is 1870. The predicted octanol–water partition coefficient (Wildman–Crippen LogP) is 17.8. The molecule has 0 atom stereocenters. The SMILES string of the molecule is CC.CC.CC.CC.CC(=O)/C=C/c1ccc(C)cc1C.CCCCC(C)=O.CCc1ccc(C)cc1C.C[C-]=O.C[C-]=O.C[C-]=O.[CH2-]C([CH2-])=Cc1ccc(C)cc1C.[CH2-]c1ccc(C)cc1C.[Y].[Y].[Y]. The van der Waals surface area contributed by atoms with E-state index in [1.54, 1.807) is 19.9 Å². The van der Waals surface area contributed by atoms with E-state index < -0.39 is 0 Å². The van der Waals surface area contributed by atoms with E-state index in [2.05, 4.69) is 138 Å². The molecule has 0 fully saturated rings. The van der Waals surface area contributed by atoms with Crippen LogP contribution in [0.2, 0.25) is 0 Å². The largest absolute Gasteiger partial charge is 0.542 e. The van der Waals surface area contributed by atoms with E-state index in [1.807, 2.05) is 92.7 Å². The number of rotatable bonds is 7. The van der Waals surface area contributed by atoms with Gasteiger partial charge >= 0.3 is 0 Å². The molecule has 0 saturated carbocycles. The summed E-state index contributed by atoms with van der Waals surface area (Å²) in [6.45, 7) is 55.6. The molecule has 0 saturated heterocycles. The summed E-state index contributed by atoms with van der Waals surface area (Å²) in [5.41, 5.74) is 16.1. The summed E-state index contributed by atoms with van der Waals surface area (Å²) in [4.78, 5) is 47.0. The topological polar surface area (TPSA) is 85.3 Å². The van der Waals surface area contributed by atoms with Gasteiger partial charge in [-0.1, -0.05) is 171 Å². The van der Waals surface area contributed by atoms with Crippen LogP contribution in [0.4, 0.5) is 0 Å². The van der Waals surface area contributed by atoms with Gasteiger partial charge in [0.1, 0.15) is 5.78 Å². The number of carbonyl (C=O) groups excluding carboxylic acids is 5. The minimum Gasteiger partial charge on any atom is -0.542 e. The van der Waals surface area contributed by atoms with E-state index in [0.29, 0.717) is 5.78 Å². The van der Waals surface area contributed by atoms with Crippen LogP contribution < -0.4 is 0 Å². The second-order valence-corrected chi connectivity index (χ2v) is 14.1. The molecule has 71 heavy (non-hydrogen) atoms. The fourth-order valence-corrected chi connectivity index (χ4v) is 4.94. The fourth-order valence-electron chi connectivity index (χ4n) is 4.94. The smallest absolute Gasteiger partial charge is 0.152 e. The van der Waals surface area contributed by atoms with Gasteiger partial charge in [0.25, 0.3) is 0 Å². The Balaban J connectivity index is -0.0000000651. The zero-order valence-electron chi connectivity index (χ0n) is 49.4. The van der Waals surface area contributed by atoms with Crippen molar-refractivity contribution in [2.45, 2.75) is 185 Å². The van der Waals surface area contributed by atoms with Gasteiger partial charge in [-0.15, -0.1) is 17.7 Å². The number of unbranched alkanes of at least 4 members (excludes halogenated alkanes) is 1. The zero-order valence-corrected chi connectivity index (χ0v) is 57.9. The van der Waals surface area contributed by atoms with Crippen LogP contribution in [0, 0.1) is 76.2 Å². The molecule has 0 aliphatic heterocycles. The zero-order chi connectivity index (χ0) is 55.2. The molecular formula is C63H98O5Y3-6. The maximum Gasteiger partial charge on any atom is 0.152 e. The maximum atomic E-state index is 10.7. The van der Waals surface area contributed by atoms with Gasteiger partial charge in [0, 0.05) is 105 Å². The number of allylic oxidation sites excluding steroid dienone is 2. The van der Waals surface area contributed by atoms with Crippen molar-refractivity contribution in [1.82, 2.24) is 0 Å². The molecule has 0 spiro atoms. The Hall–Kier alpha value is -2.37. The molecule has 4 aromatic rings. The number of carbonyl (C=O) groups is 2. The van der Waals surface area contributed by atoms with Crippen LogP contribution in [-0.2, 0) is 129 Å². The summed E-state index contributed by atoms with van der Waals surface area (Å²) in [7, 11) is 0. The van der Waals surface area contributed by atoms with E-state index in [1.165, 1.54) is 95.3 Å². The minimum atomic E-state index is 0. The van der Waals surface area contributed by atoms with Crippen LogP contribution in [0.5, 0.6) is 0 Å². The molecular weight excluding hydrogens is 1100 g/mol. The number of ketones is 2. The molecule has 4 aromatic carbocycles. The summed E-state index contributed by atoms with van der Waals surface area (Å²) >= 11 is 0. The van der Waals surface area contributed by atoms with Gasteiger partial charge in [-0.3, -0.25) is 29.7 Å². The first-order chi connectivity index (χ1) is 32.1. The van der Waals surface area contributed by atoms with Crippen molar-refractivity contribution in [1.29, 1.82) is 0 Å². The first-order valence-electron chi connectivity index (χ1n) is 24.1. The molecule has 0 aliphatic carbocycles. The summed E-state index contributed by atoms with van der Waals surface area (Å²) in [6.07, 6.45) is 14.0. The van der Waals surface area contributed by atoms with Gasteiger partial charge in [0.15, 0.2) is 5.78 Å². The molecule has 0 aromatic heterocycles. The molecule has 5 nitrogen and oxygen atoms in total. The van der Waals surface area contributed by atoms with Gasteiger partial charge < -0.3 is 38.6 Å². The van der Waals surface area contributed by atoms with Crippen molar-refractivity contribution >= 4 is 42.6 Å². The molecule has 0 N–H and O–H groups in total. The summed E-state index contributed by atoms with van der Waals surface area (Å²) in [5.74, 6) is 0.391. The molecule has 3 radical (unpaired) electrons. The van der Waals surface area contributed by atoms with E-state index in [-0.39, 0.29) is 104 Å². The van der Waals surface area contributed by atoms with E-state index >= 15 is 0 Å². The Morgan fingerprint density at radius 1 is 0.521 bits per heavy atom. The van der Waals surface area contributed by atoms with Crippen LogP contribution in [0.25, 0.3) is 12.2 Å². The normalized spacial score (nSPS) is 7.93. The van der Waals surface area contributed by atoms with Crippen molar-refractivity contribution in [3.63, 3.8) is 0 Å². The molecule has 0 heterocycles. The average Bonchev–Trinajstić information content (AvgIpc) is 3.29. The Morgan fingerprint density at radius 2 is 0.845 bits per heavy atom. The molecule has 0 unspecified atom stereocenters. The van der Waals surface area contributed by atoms with E-state index in [4.69, 9.17) is 14.4 Å². The van der Waals surface area contributed by atoms with Crippen molar-refractivity contribution in [3.8, 4) is 0 Å². The molecule has 395 valence electrons. The first-order valence-corrected chi connectivity index (χ1v) is 24.1. The fraction of sp³-hybridized carbons (Fsp3) is 0.429. The second kappa shape index (κ2) is 71.9. The van der Waals surface area contributed by atoms with E-state index in [9.17, 15) is 9.59 Å². The van der Waals surface area contributed by atoms with Gasteiger partial charge in [0.05, 0.1) is 0 Å². The van der Waals surface area contributed by atoms with Gasteiger partial charge in [-0.2, -0.15) is 44.9 Å². The Kier molecular flexibility index (Phi) is 95.7. The molecule has 0 aliphatic rings. The Morgan fingerprint density at radius 3 is 1.10 bits per heavy atom. The predicted molar refractivity (Wildman–Crippen MR) is 306 cm³/mol. The monoisotopic (exact) mass is 1200 g/mol. The van der Waals surface area contributed by atoms with Crippen LogP contribution in [-0.4, -0.2) is 30.4 Å². The number of Topliss-reactive ketones (excluding diaryl/α,β-unsaturated/α-hetero) is 1. The number of hydrogen-bond donors (Lipinski definition) is 0. The third-order valence-corrected chi connectivity index (χ3v) is 7.97. The molecule has 0 amide bonds. The van der Waals surface area contributed by atoms with Crippen LogP contribution in [0.15, 0.2) is 84.4 Å². The summed E-state index contributed by atoms with van der Waals surface area (Å²) in [6, 6.07) is 25.4. The first kappa shape index (κ1) is 94.5. The van der Waals surface area contributed by atoms with E-state index in [0.717, 1.165) is 42.4 Å². The second-order valence-electron chi connectivity index (χ2n) is 14.1. The number of aryl methyl sites for hydroxylation is 9. The van der Waals surface area contributed by atoms with Gasteiger partial charge in [-0.25, -0.2) is 0 Å². The molecule has 8 heteroatoms. The van der Waals surface area contributed by atoms with Crippen LogP contribution in [0.3, 0.4) is 0 Å². The summed E-state index contributed by atoms with van der Waals surface area (Å²) in [5, 5.41) is 0. The van der Waals surface area contributed by atoms with Crippen LogP contribution in [0.1, 0.15) is 190 Å². The average molecular weight is 1200 g/mol. The standard InChI is InChI=1S/C12H14O.C12H14.C10H14.C9H11.C6H12O.3C2H3O.4C2H6.3Y/c1-9-4-6-12(10(2)8-9)7-5-11(3)13;1-9(2)7-12-6-5-10(3)8-11(12)4;1-4-10-6-5-8(2)7-9(10)3;1-7-4-5-8(2)9(3)6-7;1-3-4-5-6(2)7;3*1-2-3;4*1-2;;;/h4-8H,1-3H3;5-8H,1-2H2,3-4H3;5-7H,4H2,1-3H3;4-6H,2H2,1,3H3;3-5H2,1-2H3;3*1H3;4*1-2H3;;;/q;-2;;-1;;3*-1;;;;;;;/b7-5+;;;;;;;;;;;;;;.